The maximum Gasteiger partial charge on any atom is 0.338 e. The molecule has 0 aliphatic carbocycles. The van der Waals surface area contributed by atoms with Gasteiger partial charge in [-0.15, -0.1) is 0 Å². The molecule has 104 valence electrons. The molecule has 1 aromatic carbocycles. The van der Waals surface area contributed by atoms with Crippen molar-refractivity contribution < 1.29 is 9.53 Å². The Morgan fingerprint density at radius 3 is 2.85 bits per heavy atom. The second-order valence-corrected chi connectivity index (χ2v) is 4.48. The van der Waals surface area contributed by atoms with E-state index in [1.54, 1.807) is 19.1 Å². The molecule has 4 heteroatoms. The standard InChI is InChI=1S/C16H18N2O2/c1-3-20-16(19)13-5-4-6-14(9-13)18-11-15-8-7-12(2)10-17-15/h4-10,18H,3,11H2,1-2H3. The van der Waals surface area contributed by atoms with Crippen LogP contribution in [0.3, 0.4) is 0 Å². The SMILES string of the molecule is CCOC(=O)c1cccc(NCc2ccc(C)cn2)c1. The Labute approximate surface area is 118 Å². The van der Waals surface area contributed by atoms with E-state index in [0.29, 0.717) is 18.7 Å². The van der Waals surface area contributed by atoms with E-state index in [-0.39, 0.29) is 5.97 Å². The van der Waals surface area contributed by atoms with Crippen molar-refractivity contribution in [1.29, 1.82) is 0 Å². The van der Waals surface area contributed by atoms with Crippen LogP contribution >= 0.6 is 0 Å². The molecule has 1 N–H and O–H groups in total. The fourth-order valence-corrected chi connectivity index (χ4v) is 1.77. The molecule has 0 bridgehead atoms. The van der Waals surface area contributed by atoms with E-state index in [1.165, 1.54) is 0 Å². The van der Waals surface area contributed by atoms with E-state index in [4.69, 9.17) is 4.74 Å². The molecule has 0 atom stereocenters. The van der Waals surface area contributed by atoms with Gasteiger partial charge < -0.3 is 10.1 Å². The predicted molar refractivity (Wildman–Crippen MR) is 78.7 cm³/mol. The summed E-state index contributed by atoms with van der Waals surface area (Å²) in [5.74, 6) is -0.301. The number of rotatable bonds is 5. The highest BCUT2D eigenvalue weighted by molar-refractivity contribution is 5.90. The van der Waals surface area contributed by atoms with Crippen molar-refractivity contribution in [3.8, 4) is 0 Å². The van der Waals surface area contributed by atoms with E-state index in [9.17, 15) is 4.79 Å². The van der Waals surface area contributed by atoms with Crippen LogP contribution in [0.5, 0.6) is 0 Å². The van der Waals surface area contributed by atoms with Gasteiger partial charge >= 0.3 is 5.97 Å². The highest BCUT2D eigenvalue weighted by atomic mass is 16.5. The Kier molecular flexibility index (Phi) is 4.71. The number of carbonyl (C=O) groups is 1. The first-order chi connectivity index (χ1) is 9.69. The minimum absolute atomic E-state index is 0.301. The lowest BCUT2D eigenvalue weighted by Gasteiger charge is -2.08. The quantitative estimate of drug-likeness (QED) is 0.848. The first kappa shape index (κ1) is 14.1. The highest BCUT2D eigenvalue weighted by Crippen LogP contribution is 2.13. The zero-order chi connectivity index (χ0) is 14.4. The van der Waals surface area contributed by atoms with Crippen LogP contribution in [0.2, 0.25) is 0 Å². The number of benzene rings is 1. The number of aryl methyl sites for hydroxylation is 1. The van der Waals surface area contributed by atoms with E-state index in [2.05, 4.69) is 10.3 Å². The van der Waals surface area contributed by atoms with E-state index in [1.807, 2.05) is 37.4 Å². The fraction of sp³-hybridized carbons (Fsp3) is 0.250. The van der Waals surface area contributed by atoms with E-state index >= 15 is 0 Å². The summed E-state index contributed by atoms with van der Waals surface area (Å²) >= 11 is 0. The van der Waals surface area contributed by atoms with Crippen molar-refractivity contribution in [1.82, 2.24) is 4.98 Å². The molecule has 1 aromatic heterocycles. The Hall–Kier alpha value is -2.36. The second-order valence-electron chi connectivity index (χ2n) is 4.48. The average Bonchev–Trinajstić information content (AvgIpc) is 2.47. The van der Waals surface area contributed by atoms with Crippen LogP contribution in [0, 0.1) is 6.92 Å². The number of carbonyl (C=O) groups excluding carboxylic acids is 1. The van der Waals surface area contributed by atoms with Gasteiger partial charge in [-0.2, -0.15) is 0 Å². The van der Waals surface area contributed by atoms with Crippen molar-refractivity contribution in [2.24, 2.45) is 0 Å². The topological polar surface area (TPSA) is 51.2 Å². The molecule has 4 nitrogen and oxygen atoms in total. The van der Waals surface area contributed by atoms with Crippen molar-refractivity contribution >= 4 is 11.7 Å². The van der Waals surface area contributed by atoms with Crippen LogP contribution in [-0.2, 0) is 11.3 Å². The van der Waals surface area contributed by atoms with E-state index in [0.717, 1.165) is 16.9 Å². The third-order valence-electron chi connectivity index (χ3n) is 2.82. The summed E-state index contributed by atoms with van der Waals surface area (Å²) in [5.41, 5.74) is 3.52. The maximum atomic E-state index is 11.6. The van der Waals surface area contributed by atoms with Gasteiger partial charge in [-0.3, -0.25) is 4.98 Å². The molecule has 0 aliphatic rings. The minimum atomic E-state index is -0.301. The molecule has 0 radical (unpaired) electrons. The normalized spacial score (nSPS) is 10.1. The number of anilines is 1. The van der Waals surface area contributed by atoms with Gasteiger partial charge in [-0.25, -0.2) is 4.79 Å². The van der Waals surface area contributed by atoms with Crippen LogP contribution in [0.15, 0.2) is 42.6 Å². The summed E-state index contributed by atoms with van der Waals surface area (Å²) in [7, 11) is 0. The van der Waals surface area contributed by atoms with Gasteiger partial charge in [-0.05, 0) is 43.7 Å². The molecule has 2 aromatic rings. The summed E-state index contributed by atoms with van der Waals surface area (Å²) in [5, 5.41) is 3.25. The summed E-state index contributed by atoms with van der Waals surface area (Å²) in [4.78, 5) is 16.0. The van der Waals surface area contributed by atoms with E-state index < -0.39 is 0 Å². The highest BCUT2D eigenvalue weighted by Gasteiger charge is 2.06. The lowest BCUT2D eigenvalue weighted by atomic mass is 10.2. The molecular formula is C16H18N2O2. The number of pyridine rings is 1. The summed E-state index contributed by atoms with van der Waals surface area (Å²) < 4.78 is 4.98. The number of aromatic nitrogens is 1. The monoisotopic (exact) mass is 270 g/mol. The Morgan fingerprint density at radius 1 is 1.30 bits per heavy atom. The van der Waals surface area contributed by atoms with Crippen molar-refractivity contribution in [3.05, 3.63) is 59.4 Å². The van der Waals surface area contributed by atoms with Crippen molar-refractivity contribution in [2.75, 3.05) is 11.9 Å². The number of ether oxygens (including phenoxy) is 1. The third kappa shape index (κ3) is 3.82. The van der Waals surface area contributed by atoms with Gasteiger partial charge in [0.2, 0.25) is 0 Å². The lowest BCUT2D eigenvalue weighted by molar-refractivity contribution is 0.0526. The first-order valence-electron chi connectivity index (χ1n) is 6.61. The smallest absolute Gasteiger partial charge is 0.338 e. The molecule has 0 saturated carbocycles. The van der Waals surface area contributed by atoms with Gasteiger partial charge in [0, 0.05) is 11.9 Å². The number of esters is 1. The van der Waals surface area contributed by atoms with Gasteiger partial charge in [0.05, 0.1) is 24.4 Å². The third-order valence-corrected chi connectivity index (χ3v) is 2.82. The molecule has 0 saturated heterocycles. The number of nitrogens with zero attached hydrogens (tertiary/aromatic N) is 1. The van der Waals surface area contributed by atoms with Crippen LogP contribution in [0.25, 0.3) is 0 Å². The summed E-state index contributed by atoms with van der Waals surface area (Å²) in [6.45, 7) is 4.80. The molecule has 20 heavy (non-hydrogen) atoms. The predicted octanol–water partition coefficient (Wildman–Crippen LogP) is 3.18. The lowest BCUT2D eigenvalue weighted by Crippen LogP contribution is -2.06. The summed E-state index contributed by atoms with van der Waals surface area (Å²) in [6, 6.07) is 11.3. The zero-order valence-electron chi connectivity index (χ0n) is 11.7. The van der Waals surface area contributed by atoms with Crippen LogP contribution in [0.4, 0.5) is 5.69 Å². The number of hydrogen-bond acceptors (Lipinski definition) is 4. The minimum Gasteiger partial charge on any atom is -0.462 e. The second kappa shape index (κ2) is 6.70. The fourth-order valence-electron chi connectivity index (χ4n) is 1.77. The van der Waals surface area contributed by atoms with Gasteiger partial charge in [0.15, 0.2) is 0 Å². The Bertz CT molecular complexity index is 579. The first-order valence-corrected chi connectivity index (χ1v) is 6.61. The molecule has 1 heterocycles. The molecule has 2 rings (SSSR count). The molecule has 0 amide bonds. The van der Waals surface area contributed by atoms with Gasteiger partial charge in [0.1, 0.15) is 0 Å². The number of nitrogens with one attached hydrogen (secondary N) is 1. The Morgan fingerprint density at radius 2 is 2.15 bits per heavy atom. The maximum absolute atomic E-state index is 11.6. The molecule has 0 spiro atoms. The zero-order valence-corrected chi connectivity index (χ0v) is 11.7. The van der Waals surface area contributed by atoms with Crippen LogP contribution in [-0.4, -0.2) is 17.6 Å². The van der Waals surface area contributed by atoms with Crippen molar-refractivity contribution in [2.45, 2.75) is 20.4 Å². The Balaban J connectivity index is 2.01. The summed E-state index contributed by atoms with van der Waals surface area (Å²) in [6.07, 6.45) is 1.84. The van der Waals surface area contributed by atoms with Crippen LogP contribution in [0.1, 0.15) is 28.5 Å². The molecule has 0 unspecified atom stereocenters. The van der Waals surface area contributed by atoms with Crippen LogP contribution < -0.4 is 5.32 Å². The van der Waals surface area contributed by atoms with Gasteiger partial charge in [-0.1, -0.05) is 12.1 Å². The van der Waals surface area contributed by atoms with Gasteiger partial charge in [0.25, 0.3) is 0 Å². The molecule has 0 aliphatic heterocycles. The largest absolute Gasteiger partial charge is 0.462 e. The molecular weight excluding hydrogens is 252 g/mol. The molecule has 0 fully saturated rings. The number of hydrogen-bond donors (Lipinski definition) is 1. The van der Waals surface area contributed by atoms with Crippen molar-refractivity contribution in [3.63, 3.8) is 0 Å². The average molecular weight is 270 g/mol.